The molecule has 158 valence electrons. The van der Waals surface area contributed by atoms with Gasteiger partial charge in [0.15, 0.2) is 17.4 Å². The van der Waals surface area contributed by atoms with E-state index in [0.717, 1.165) is 17.7 Å². The second-order valence-corrected chi connectivity index (χ2v) is 8.07. The molecule has 29 heavy (non-hydrogen) atoms. The largest absolute Gasteiger partial charge is 0.451 e. The fraction of sp³-hybridized carbons (Fsp3) is 0.316. The Morgan fingerprint density at radius 2 is 1.72 bits per heavy atom. The Morgan fingerprint density at radius 3 is 2.24 bits per heavy atom. The molecule has 1 atom stereocenters. The molecule has 2 aromatic carbocycles. The Balaban J connectivity index is 2.26. The highest BCUT2D eigenvalue weighted by molar-refractivity contribution is 7.82. The number of nitrogens with zero attached hydrogens (tertiary/aromatic N) is 2. The summed E-state index contributed by atoms with van der Waals surface area (Å²) in [6, 6.07) is 8.45. The SMILES string of the molecule is Cc1ccc(Oc2c(F)cc(S(=O)N(CCN(C)C)CC(=O)NO)cc2F)cc1. The van der Waals surface area contributed by atoms with Gasteiger partial charge in [-0.05, 0) is 45.3 Å². The first-order valence-corrected chi connectivity index (χ1v) is 9.80. The maximum absolute atomic E-state index is 14.5. The molecule has 2 rings (SSSR count). The summed E-state index contributed by atoms with van der Waals surface area (Å²) in [5, 5.41) is 8.72. The van der Waals surface area contributed by atoms with Crippen molar-refractivity contribution in [1.82, 2.24) is 14.7 Å². The molecule has 10 heteroatoms. The van der Waals surface area contributed by atoms with Crippen LogP contribution in [0.25, 0.3) is 0 Å². The molecule has 0 spiro atoms. The van der Waals surface area contributed by atoms with Crippen LogP contribution >= 0.6 is 0 Å². The number of nitrogens with one attached hydrogen (secondary N) is 1. The minimum Gasteiger partial charge on any atom is -0.451 e. The second kappa shape index (κ2) is 10.4. The van der Waals surface area contributed by atoms with Crippen LogP contribution in [0.2, 0.25) is 0 Å². The van der Waals surface area contributed by atoms with E-state index in [1.807, 2.05) is 6.92 Å². The summed E-state index contributed by atoms with van der Waals surface area (Å²) in [4.78, 5) is 13.1. The molecule has 0 aromatic heterocycles. The Morgan fingerprint density at radius 1 is 1.14 bits per heavy atom. The predicted molar refractivity (Wildman–Crippen MR) is 104 cm³/mol. The minimum atomic E-state index is -2.04. The Labute approximate surface area is 170 Å². The molecular weight excluding hydrogens is 404 g/mol. The number of aryl methyl sites for hydroxylation is 1. The van der Waals surface area contributed by atoms with E-state index in [9.17, 15) is 17.8 Å². The van der Waals surface area contributed by atoms with Gasteiger partial charge in [0.2, 0.25) is 0 Å². The summed E-state index contributed by atoms with van der Waals surface area (Å²) in [5.41, 5.74) is 2.42. The molecule has 7 nitrogen and oxygen atoms in total. The number of carbonyl (C=O) groups excluding carboxylic acids is 1. The molecule has 1 unspecified atom stereocenters. The molecular formula is C19H23F2N3O4S. The van der Waals surface area contributed by atoms with Crippen LogP contribution in [0.4, 0.5) is 8.78 Å². The van der Waals surface area contributed by atoms with E-state index in [1.54, 1.807) is 43.3 Å². The number of hydroxylamine groups is 1. The average molecular weight is 427 g/mol. The summed E-state index contributed by atoms with van der Waals surface area (Å²) >= 11 is 0. The number of hydrogen-bond donors (Lipinski definition) is 2. The zero-order valence-corrected chi connectivity index (χ0v) is 17.1. The van der Waals surface area contributed by atoms with Gasteiger partial charge in [-0.3, -0.25) is 10.0 Å². The van der Waals surface area contributed by atoms with E-state index in [-0.39, 0.29) is 17.2 Å². The summed E-state index contributed by atoms with van der Waals surface area (Å²) < 4.78 is 48.3. The lowest BCUT2D eigenvalue weighted by atomic mass is 10.2. The molecule has 0 heterocycles. The fourth-order valence-corrected chi connectivity index (χ4v) is 3.52. The molecule has 0 aliphatic rings. The quantitative estimate of drug-likeness (QED) is 0.475. The van der Waals surface area contributed by atoms with Crippen molar-refractivity contribution in [1.29, 1.82) is 0 Å². The summed E-state index contributed by atoms with van der Waals surface area (Å²) in [7, 11) is 1.52. The topological polar surface area (TPSA) is 82.1 Å². The molecule has 0 fully saturated rings. The van der Waals surface area contributed by atoms with Gasteiger partial charge in [0.25, 0.3) is 5.91 Å². The third kappa shape index (κ3) is 6.57. The first-order chi connectivity index (χ1) is 13.7. The molecule has 0 saturated heterocycles. The van der Waals surface area contributed by atoms with Crippen LogP contribution in [0, 0.1) is 18.6 Å². The van der Waals surface area contributed by atoms with E-state index >= 15 is 0 Å². The van der Waals surface area contributed by atoms with Crippen molar-refractivity contribution < 1.29 is 27.7 Å². The number of hydrogen-bond acceptors (Lipinski definition) is 5. The van der Waals surface area contributed by atoms with Gasteiger partial charge in [-0.25, -0.2) is 22.8 Å². The van der Waals surface area contributed by atoms with Crippen molar-refractivity contribution >= 4 is 16.9 Å². The lowest BCUT2D eigenvalue weighted by Crippen LogP contribution is -2.40. The average Bonchev–Trinajstić information content (AvgIpc) is 2.68. The maximum Gasteiger partial charge on any atom is 0.258 e. The van der Waals surface area contributed by atoms with Gasteiger partial charge in [0.1, 0.15) is 16.7 Å². The van der Waals surface area contributed by atoms with Crippen molar-refractivity contribution in [3.63, 3.8) is 0 Å². The standard InChI is InChI=1S/C19H23F2N3O4S/c1-13-4-6-14(7-5-13)28-19-16(20)10-15(11-17(19)21)29(27)24(9-8-23(2)3)12-18(25)22-26/h4-7,10-11,26H,8-9,12H2,1-3H3,(H,22,25). The van der Waals surface area contributed by atoms with Crippen molar-refractivity contribution in [2.24, 2.45) is 0 Å². The molecule has 0 bridgehead atoms. The smallest absolute Gasteiger partial charge is 0.258 e. The Kier molecular flexibility index (Phi) is 8.21. The number of rotatable bonds is 9. The van der Waals surface area contributed by atoms with Gasteiger partial charge in [0.05, 0.1) is 11.4 Å². The number of likely N-dealkylation sites (N-methyl/N-ethyl adjacent to an activating group) is 1. The van der Waals surface area contributed by atoms with E-state index in [1.165, 1.54) is 9.79 Å². The maximum atomic E-state index is 14.5. The van der Waals surface area contributed by atoms with Gasteiger partial charge in [-0.1, -0.05) is 17.7 Å². The molecule has 0 saturated carbocycles. The van der Waals surface area contributed by atoms with Gasteiger partial charge >= 0.3 is 0 Å². The molecule has 0 aliphatic heterocycles. The molecule has 0 aliphatic carbocycles. The van der Waals surface area contributed by atoms with Gasteiger partial charge in [-0.15, -0.1) is 0 Å². The molecule has 1 amide bonds. The van der Waals surface area contributed by atoms with E-state index in [0.29, 0.717) is 6.54 Å². The molecule has 2 aromatic rings. The third-order valence-electron chi connectivity index (χ3n) is 3.89. The zero-order chi connectivity index (χ0) is 21.6. The van der Waals surface area contributed by atoms with Crippen LogP contribution in [0.5, 0.6) is 11.5 Å². The summed E-state index contributed by atoms with van der Waals surface area (Å²) in [6.07, 6.45) is 0. The highest BCUT2D eigenvalue weighted by atomic mass is 32.2. The van der Waals surface area contributed by atoms with Gasteiger partial charge in [0, 0.05) is 13.1 Å². The van der Waals surface area contributed by atoms with Crippen molar-refractivity contribution in [2.75, 3.05) is 33.7 Å². The first-order valence-electron chi connectivity index (χ1n) is 8.69. The van der Waals surface area contributed by atoms with Crippen LogP contribution in [-0.2, 0) is 15.8 Å². The van der Waals surface area contributed by atoms with Crippen LogP contribution in [0.1, 0.15) is 5.56 Å². The molecule has 2 N–H and O–H groups in total. The number of amides is 1. The predicted octanol–water partition coefficient (Wildman–Crippen LogP) is 2.46. The van der Waals surface area contributed by atoms with Crippen LogP contribution in [0.15, 0.2) is 41.3 Å². The highest BCUT2D eigenvalue weighted by Crippen LogP contribution is 2.30. The van der Waals surface area contributed by atoms with Gasteiger partial charge in [-0.2, -0.15) is 0 Å². The Hall–Kier alpha value is -2.40. The van der Waals surface area contributed by atoms with Crippen LogP contribution in [0.3, 0.4) is 0 Å². The molecule has 0 radical (unpaired) electrons. The Bertz CT molecular complexity index is 855. The third-order valence-corrected chi connectivity index (χ3v) is 5.31. The van der Waals surface area contributed by atoms with E-state index in [4.69, 9.17) is 9.94 Å². The van der Waals surface area contributed by atoms with Crippen molar-refractivity contribution in [2.45, 2.75) is 11.8 Å². The normalized spacial score (nSPS) is 12.3. The van der Waals surface area contributed by atoms with Crippen LogP contribution < -0.4 is 10.2 Å². The van der Waals surface area contributed by atoms with E-state index in [2.05, 4.69) is 0 Å². The lowest BCUT2D eigenvalue weighted by Gasteiger charge is -2.22. The second-order valence-electron chi connectivity index (χ2n) is 6.58. The van der Waals surface area contributed by atoms with E-state index < -0.39 is 40.8 Å². The summed E-state index contributed by atoms with van der Waals surface area (Å²) in [6.45, 7) is 2.05. The van der Waals surface area contributed by atoms with Gasteiger partial charge < -0.3 is 9.64 Å². The highest BCUT2D eigenvalue weighted by Gasteiger charge is 2.22. The van der Waals surface area contributed by atoms with Crippen molar-refractivity contribution in [3.05, 3.63) is 53.6 Å². The summed E-state index contributed by atoms with van der Waals surface area (Å²) in [5.74, 6) is -3.18. The fourth-order valence-electron chi connectivity index (χ4n) is 2.34. The number of halogens is 2. The van der Waals surface area contributed by atoms with Crippen molar-refractivity contribution in [3.8, 4) is 11.5 Å². The minimum absolute atomic E-state index is 0.165. The monoisotopic (exact) mass is 427 g/mol. The number of ether oxygens (including phenoxy) is 1. The number of benzene rings is 2. The first kappa shape index (κ1) is 22.9. The zero-order valence-electron chi connectivity index (χ0n) is 16.3. The lowest BCUT2D eigenvalue weighted by molar-refractivity contribution is -0.129. The van der Waals surface area contributed by atoms with Crippen LogP contribution in [-0.4, -0.2) is 58.3 Å². The number of carbonyl (C=O) groups is 1.